The Hall–Kier alpha value is -1.57. The second kappa shape index (κ2) is 4.84. The van der Waals surface area contributed by atoms with E-state index in [9.17, 15) is 23.7 Å². The van der Waals surface area contributed by atoms with Crippen molar-refractivity contribution in [1.82, 2.24) is 4.90 Å². The van der Waals surface area contributed by atoms with E-state index in [1.807, 2.05) is 0 Å². The van der Waals surface area contributed by atoms with Crippen molar-refractivity contribution in [3.05, 3.63) is 38.3 Å². The van der Waals surface area contributed by atoms with Gasteiger partial charge in [-0.2, -0.15) is 0 Å². The number of carbonyl (C=O) groups is 1. The summed E-state index contributed by atoms with van der Waals surface area (Å²) in [5, 5.41) is 10.8. The molecular weight excluding hydrogens is 326 g/mol. The van der Waals surface area contributed by atoms with E-state index in [2.05, 4.69) is 15.9 Å². The number of amides is 1. The Labute approximate surface area is 115 Å². The Morgan fingerprint density at radius 2 is 2.16 bits per heavy atom. The molecule has 19 heavy (non-hydrogen) atoms. The molecule has 102 valence electrons. The fraction of sp³-hybridized carbons (Fsp3) is 0.364. The standard InChI is InChI=1S/C11H9BrF2N2O3/c12-9-7(2-1-3-8(9)16(18)19)10(17)15-5-4-11(13,14)6-15/h1-3H,4-6H2. The van der Waals surface area contributed by atoms with Crippen molar-refractivity contribution in [3.8, 4) is 0 Å². The maximum absolute atomic E-state index is 13.1. The third kappa shape index (κ3) is 2.73. The van der Waals surface area contributed by atoms with Crippen LogP contribution < -0.4 is 0 Å². The quantitative estimate of drug-likeness (QED) is 0.617. The Kier molecular flexibility index (Phi) is 3.53. The number of benzene rings is 1. The van der Waals surface area contributed by atoms with Crippen molar-refractivity contribution in [2.45, 2.75) is 12.3 Å². The molecule has 8 heteroatoms. The van der Waals surface area contributed by atoms with Gasteiger partial charge < -0.3 is 4.90 Å². The summed E-state index contributed by atoms with van der Waals surface area (Å²) >= 11 is 2.98. The molecule has 1 heterocycles. The summed E-state index contributed by atoms with van der Waals surface area (Å²) in [6.07, 6.45) is -0.384. The molecule has 0 unspecified atom stereocenters. The van der Waals surface area contributed by atoms with Crippen LogP contribution in [-0.2, 0) is 0 Å². The minimum absolute atomic E-state index is 0.0141. The molecule has 0 atom stereocenters. The van der Waals surface area contributed by atoms with E-state index in [-0.39, 0.29) is 28.7 Å². The van der Waals surface area contributed by atoms with Gasteiger partial charge in [0.25, 0.3) is 17.5 Å². The molecule has 0 aromatic heterocycles. The molecular formula is C11H9BrF2N2O3. The number of nitrogens with zero attached hydrogens (tertiary/aromatic N) is 2. The zero-order valence-electron chi connectivity index (χ0n) is 9.61. The summed E-state index contributed by atoms with van der Waals surface area (Å²) in [4.78, 5) is 23.2. The smallest absolute Gasteiger partial charge is 0.284 e. The highest BCUT2D eigenvalue weighted by Crippen LogP contribution is 2.32. The number of halogens is 3. The van der Waals surface area contributed by atoms with Gasteiger partial charge in [0.1, 0.15) is 4.47 Å². The lowest BCUT2D eigenvalue weighted by Gasteiger charge is -2.16. The first-order valence-electron chi connectivity index (χ1n) is 5.42. The van der Waals surface area contributed by atoms with Gasteiger partial charge in [-0.1, -0.05) is 6.07 Å². The second-order valence-corrected chi connectivity index (χ2v) is 5.02. The van der Waals surface area contributed by atoms with Gasteiger partial charge in [-0.15, -0.1) is 0 Å². The lowest BCUT2D eigenvalue weighted by atomic mass is 10.2. The zero-order valence-corrected chi connectivity index (χ0v) is 11.2. The van der Waals surface area contributed by atoms with Crippen LogP contribution in [0.2, 0.25) is 0 Å². The molecule has 1 aliphatic rings. The number of nitro benzene ring substituents is 1. The third-order valence-electron chi connectivity index (χ3n) is 2.86. The van der Waals surface area contributed by atoms with E-state index < -0.39 is 23.3 Å². The van der Waals surface area contributed by atoms with Gasteiger partial charge in [-0.05, 0) is 22.0 Å². The number of hydrogen-bond donors (Lipinski definition) is 0. The molecule has 1 amide bonds. The minimum atomic E-state index is -2.89. The van der Waals surface area contributed by atoms with Crippen LogP contribution >= 0.6 is 15.9 Å². The van der Waals surface area contributed by atoms with Crippen LogP contribution in [0.25, 0.3) is 0 Å². The van der Waals surface area contributed by atoms with E-state index in [1.54, 1.807) is 0 Å². The Morgan fingerprint density at radius 3 is 2.68 bits per heavy atom. The molecule has 1 aromatic rings. The van der Waals surface area contributed by atoms with Gasteiger partial charge in [0.15, 0.2) is 0 Å². The third-order valence-corrected chi connectivity index (χ3v) is 3.70. The highest BCUT2D eigenvalue weighted by atomic mass is 79.9. The van der Waals surface area contributed by atoms with Crippen LogP contribution in [0.4, 0.5) is 14.5 Å². The van der Waals surface area contributed by atoms with Gasteiger partial charge in [-0.25, -0.2) is 8.78 Å². The average Bonchev–Trinajstić information content (AvgIpc) is 2.69. The van der Waals surface area contributed by atoms with Crippen LogP contribution in [0.3, 0.4) is 0 Å². The summed E-state index contributed by atoms with van der Waals surface area (Å²) in [6.45, 7) is -0.706. The highest BCUT2D eigenvalue weighted by molar-refractivity contribution is 9.10. The Balaban J connectivity index is 2.30. The van der Waals surface area contributed by atoms with Crippen molar-refractivity contribution in [2.24, 2.45) is 0 Å². The maximum Gasteiger partial charge on any atom is 0.284 e. The molecule has 1 aliphatic heterocycles. The van der Waals surface area contributed by atoms with Crippen LogP contribution in [0, 0.1) is 10.1 Å². The van der Waals surface area contributed by atoms with Crippen LogP contribution in [0.5, 0.6) is 0 Å². The van der Waals surface area contributed by atoms with Crippen molar-refractivity contribution in [2.75, 3.05) is 13.1 Å². The first kappa shape index (κ1) is 13.9. The number of hydrogen-bond acceptors (Lipinski definition) is 3. The molecule has 1 aromatic carbocycles. The van der Waals surface area contributed by atoms with Gasteiger partial charge in [0.2, 0.25) is 0 Å². The monoisotopic (exact) mass is 334 g/mol. The van der Waals surface area contributed by atoms with Crippen LogP contribution in [0.15, 0.2) is 22.7 Å². The van der Waals surface area contributed by atoms with E-state index in [0.29, 0.717) is 0 Å². The first-order chi connectivity index (χ1) is 8.82. The fourth-order valence-corrected chi connectivity index (χ4v) is 2.48. The number of alkyl halides is 2. The van der Waals surface area contributed by atoms with E-state index in [0.717, 1.165) is 4.90 Å². The van der Waals surface area contributed by atoms with Gasteiger partial charge in [0.05, 0.1) is 17.0 Å². The second-order valence-electron chi connectivity index (χ2n) is 4.23. The minimum Gasteiger partial charge on any atom is -0.332 e. The molecule has 1 fully saturated rings. The predicted molar refractivity (Wildman–Crippen MR) is 66.3 cm³/mol. The summed E-state index contributed by atoms with van der Waals surface area (Å²) in [6, 6.07) is 3.96. The predicted octanol–water partition coefficient (Wildman–Crippen LogP) is 2.84. The molecule has 5 nitrogen and oxygen atoms in total. The number of likely N-dealkylation sites (tertiary alicyclic amines) is 1. The topological polar surface area (TPSA) is 63.4 Å². The lowest BCUT2D eigenvalue weighted by molar-refractivity contribution is -0.385. The molecule has 0 aliphatic carbocycles. The van der Waals surface area contributed by atoms with Gasteiger partial charge in [-0.3, -0.25) is 14.9 Å². The average molecular weight is 335 g/mol. The van der Waals surface area contributed by atoms with E-state index in [4.69, 9.17) is 0 Å². The molecule has 0 spiro atoms. The highest BCUT2D eigenvalue weighted by Gasteiger charge is 2.41. The summed E-state index contributed by atoms with van der Waals surface area (Å²) in [7, 11) is 0. The maximum atomic E-state index is 13.1. The molecule has 0 N–H and O–H groups in total. The molecule has 0 bridgehead atoms. The summed E-state index contributed by atoms with van der Waals surface area (Å²) in [5.74, 6) is -3.52. The van der Waals surface area contributed by atoms with Crippen molar-refractivity contribution in [3.63, 3.8) is 0 Å². The van der Waals surface area contributed by atoms with Crippen molar-refractivity contribution >= 4 is 27.5 Å². The SMILES string of the molecule is O=C(c1cccc([N+](=O)[O-])c1Br)N1CCC(F)(F)C1. The fourth-order valence-electron chi connectivity index (χ4n) is 1.91. The molecule has 1 saturated heterocycles. The summed E-state index contributed by atoms with van der Waals surface area (Å²) < 4.78 is 26.1. The number of carbonyl (C=O) groups excluding carboxylic acids is 1. The number of nitro groups is 1. The summed E-state index contributed by atoms with van der Waals surface area (Å²) in [5.41, 5.74) is -0.247. The van der Waals surface area contributed by atoms with Crippen molar-refractivity contribution < 1.29 is 18.5 Å². The molecule has 0 radical (unpaired) electrons. The van der Waals surface area contributed by atoms with Gasteiger partial charge >= 0.3 is 0 Å². The van der Waals surface area contributed by atoms with E-state index in [1.165, 1.54) is 18.2 Å². The van der Waals surface area contributed by atoms with E-state index >= 15 is 0 Å². The molecule has 2 rings (SSSR count). The Morgan fingerprint density at radius 1 is 1.47 bits per heavy atom. The van der Waals surface area contributed by atoms with Crippen LogP contribution in [0.1, 0.15) is 16.8 Å². The first-order valence-corrected chi connectivity index (χ1v) is 6.21. The van der Waals surface area contributed by atoms with Gasteiger partial charge in [0, 0.05) is 19.0 Å². The van der Waals surface area contributed by atoms with Crippen LogP contribution in [-0.4, -0.2) is 34.7 Å². The Bertz CT molecular complexity index is 551. The normalized spacial score (nSPS) is 17.5. The molecule has 0 saturated carbocycles. The number of rotatable bonds is 2. The van der Waals surface area contributed by atoms with Crippen molar-refractivity contribution in [1.29, 1.82) is 0 Å². The lowest BCUT2D eigenvalue weighted by Crippen LogP contribution is -2.31. The zero-order chi connectivity index (χ0) is 14.2. The largest absolute Gasteiger partial charge is 0.332 e.